The van der Waals surface area contributed by atoms with Crippen molar-refractivity contribution in [2.75, 3.05) is 13.2 Å². The summed E-state index contributed by atoms with van der Waals surface area (Å²) in [6.07, 6.45) is 5.89. The Balaban J connectivity index is 0.000000370. The second-order valence-electron chi connectivity index (χ2n) is 4.48. The summed E-state index contributed by atoms with van der Waals surface area (Å²) in [6.45, 7) is 9.86. The Hall–Kier alpha value is -1.62. The molecule has 1 fully saturated rings. The topological polar surface area (TPSA) is 72.8 Å². The molecule has 1 rings (SSSR count). The molecule has 0 bridgehead atoms. The molecule has 1 heterocycles. The molecule has 114 valence electrons. The zero-order valence-electron chi connectivity index (χ0n) is 12.1. The molecule has 0 aromatic heterocycles. The Kier molecular flexibility index (Phi) is 10.3. The van der Waals surface area contributed by atoms with Crippen molar-refractivity contribution in [3.05, 3.63) is 24.8 Å². The maximum atomic E-state index is 10.6. The molecule has 0 amide bonds. The number of aliphatic carboxylic acids is 1. The van der Waals surface area contributed by atoms with E-state index < -0.39 is 5.97 Å². The van der Waals surface area contributed by atoms with Crippen molar-refractivity contribution >= 4 is 11.9 Å². The number of hydrogen-bond donors (Lipinski definition) is 1. The lowest BCUT2D eigenvalue weighted by molar-refractivity contribution is -0.141. The van der Waals surface area contributed by atoms with E-state index in [2.05, 4.69) is 13.2 Å². The molecule has 0 saturated carbocycles. The normalized spacial score (nSPS) is 16.8. The molecule has 0 aromatic carbocycles. The molecule has 1 saturated heterocycles. The molecule has 1 unspecified atom stereocenters. The first-order valence-corrected chi connectivity index (χ1v) is 6.83. The van der Waals surface area contributed by atoms with Gasteiger partial charge in [0.25, 0.3) is 0 Å². The first-order valence-electron chi connectivity index (χ1n) is 6.83. The first-order chi connectivity index (χ1) is 9.51. The molecule has 1 atom stereocenters. The zero-order chi connectivity index (χ0) is 15.4. The van der Waals surface area contributed by atoms with E-state index in [-0.39, 0.29) is 12.1 Å². The number of ether oxygens (including phenoxy) is 2. The molecule has 1 N–H and O–H groups in total. The highest BCUT2D eigenvalue weighted by Crippen LogP contribution is 2.11. The minimum absolute atomic E-state index is 0.110. The van der Waals surface area contributed by atoms with Gasteiger partial charge in [-0.15, -0.1) is 0 Å². The van der Waals surface area contributed by atoms with Crippen LogP contribution < -0.4 is 0 Å². The average molecular weight is 284 g/mol. The number of rotatable bonds is 7. The summed E-state index contributed by atoms with van der Waals surface area (Å²) in [5.74, 6) is -1.25. The third-order valence-electron chi connectivity index (χ3n) is 2.74. The summed E-state index contributed by atoms with van der Waals surface area (Å²) in [6, 6.07) is 0. The van der Waals surface area contributed by atoms with Gasteiger partial charge < -0.3 is 14.6 Å². The molecule has 0 aromatic rings. The summed E-state index contributed by atoms with van der Waals surface area (Å²) in [5.41, 5.74) is 0.317. The van der Waals surface area contributed by atoms with E-state index in [1.807, 2.05) is 6.92 Å². The number of esters is 1. The van der Waals surface area contributed by atoms with Crippen LogP contribution in [0.25, 0.3) is 0 Å². The van der Waals surface area contributed by atoms with Gasteiger partial charge in [0.2, 0.25) is 0 Å². The Morgan fingerprint density at radius 3 is 2.65 bits per heavy atom. The largest absolute Gasteiger partial charge is 0.478 e. The van der Waals surface area contributed by atoms with Crippen molar-refractivity contribution in [2.45, 2.75) is 45.1 Å². The van der Waals surface area contributed by atoms with E-state index in [0.29, 0.717) is 18.6 Å². The summed E-state index contributed by atoms with van der Waals surface area (Å²) in [7, 11) is 0. The minimum atomic E-state index is -0.872. The highest BCUT2D eigenvalue weighted by atomic mass is 16.6. The lowest BCUT2D eigenvalue weighted by Gasteiger charge is -2.07. The summed E-state index contributed by atoms with van der Waals surface area (Å²) in [5, 5.41) is 8.31. The van der Waals surface area contributed by atoms with Gasteiger partial charge in [-0.1, -0.05) is 26.5 Å². The fourth-order valence-corrected chi connectivity index (χ4v) is 1.51. The average Bonchev–Trinajstić information content (AvgIpc) is 2.95. The summed E-state index contributed by atoms with van der Waals surface area (Å²) < 4.78 is 10.0. The second-order valence-corrected chi connectivity index (χ2v) is 4.48. The maximum absolute atomic E-state index is 10.6. The van der Waals surface area contributed by atoms with Gasteiger partial charge in [0.1, 0.15) is 6.61 Å². The highest BCUT2D eigenvalue weighted by Gasteiger charge is 2.16. The predicted octanol–water partition coefficient (Wildman–Crippen LogP) is 2.71. The summed E-state index contributed by atoms with van der Waals surface area (Å²) in [4.78, 5) is 20.7. The summed E-state index contributed by atoms with van der Waals surface area (Å²) >= 11 is 0. The van der Waals surface area contributed by atoms with Crippen LogP contribution in [0.3, 0.4) is 0 Å². The lowest BCUT2D eigenvalue weighted by Crippen LogP contribution is -2.16. The van der Waals surface area contributed by atoms with Gasteiger partial charge in [-0.2, -0.15) is 0 Å². The van der Waals surface area contributed by atoms with Crippen LogP contribution in [0.15, 0.2) is 24.8 Å². The van der Waals surface area contributed by atoms with Gasteiger partial charge in [-0.25, -0.2) is 9.59 Å². The quantitative estimate of drug-likeness (QED) is 0.575. The monoisotopic (exact) mass is 284 g/mol. The van der Waals surface area contributed by atoms with Crippen LogP contribution >= 0.6 is 0 Å². The van der Waals surface area contributed by atoms with Crippen LogP contribution in [0, 0.1) is 0 Å². The molecule has 20 heavy (non-hydrogen) atoms. The van der Waals surface area contributed by atoms with Crippen LogP contribution in [-0.2, 0) is 19.1 Å². The molecule has 5 nitrogen and oxygen atoms in total. The van der Waals surface area contributed by atoms with Gasteiger partial charge in [-0.05, 0) is 25.7 Å². The van der Waals surface area contributed by atoms with E-state index >= 15 is 0 Å². The lowest BCUT2D eigenvalue weighted by atomic mass is 10.1. The third-order valence-corrected chi connectivity index (χ3v) is 2.74. The molecule has 0 spiro atoms. The van der Waals surface area contributed by atoms with Crippen molar-refractivity contribution < 1.29 is 24.2 Å². The molecule has 1 aliphatic heterocycles. The highest BCUT2D eigenvalue weighted by molar-refractivity contribution is 5.85. The zero-order valence-corrected chi connectivity index (χ0v) is 12.1. The molecule has 0 aliphatic carbocycles. The molecule has 5 heteroatoms. The van der Waals surface area contributed by atoms with E-state index in [1.165, 1.54) is 0 Å². The Bertz CT molecular complexity index is 329. The van der Waals surface area contributed by atoms with Crippen molar-refractivity contribution in [1.82, 2.24) is 0 Å². The minimum Gasteiger partial charge on any atom is -0.478 e. The van der Waals surface area contributed by atoms with Crippen LogP contribution in [-0.4, -0.2) is 36.4 Å². The van der Waals surface area contributed by atoms with Crippen molar-refractivity contribution in [3.63, 3.8) is 0 Å². The van der Waals surface area contributed by atoms with Gasteiger partial charge in [-0.3, -0.25) is 0 Å². The Labute approximate surface area is 120 Å². The van der Waals surface area contributed by atoms with Gasteiger partial charge >= 0.3 is 11.9 Å². The molecular weight excluding hydrogens is 260 g/mol. The number of carboxylic acid groups (broad SMARTS) is 1. The van der Waals surface area contributed by atoms with E-state index in [0.717, 1.165) is 38.4 Å². The van der Waals surface area contributed by atoms with Crippen molar-refractivity contribution in [2.24, 2.45) is 0 Å². The number of carbonyl (C=O) groups is 2. The smallest absolute Gasteiger partial charge is 0.330 e. The van der Waals surface area contributed by atoms with E-state index in [4.69, 9.17) is 14.6 Å². The fraction of sp³-hybridized carbons (Fsp3) is 0.600. The Morgan fingerprint density at radius 1 is 1.50 bits per heavy atom. The van der Waals surface area contributed by atoms with Crippen LogP contribution in [0.4, 0.5) is 0 Å². The van der Waals surface area contributed by atoms with Gasteiger partial charge in [0, 0.05) is 18.3 Å². The number of hydrogen-bond acceptors (Lipinski definition) is 4. The van der Waals surface area contributed by atoms with Crippen LogP contribution in [0.2, 0.25) is 0 Å². The van der Waals surface area contributed by atoms with Crippen LogP contribution in [0.5, 0.6) is 0 Å². The number of carbonyl (C=O) groups excluding carboxylic acids is 1. The van der Waals surface area contributed by atoms with E-state index in [1.54, 1.807) is 0 Å². The number of carboxylic acids is 1. The fourth-order valence-electron chi connectivity index (χ4n) is 1.51. The predicted molar refractivity (Wildman–Crippen MR) is 76.4 cm³/mol. The molecular formula is C15H24O5. The van der Waals surface area contributed by atoms with Gasteiger partial charge in [0.15, 0.2) is 0 Å². The van der Waals surface area contributed by atoms with Crippen LogP contribution in [0.1, 0.15) is 39.0 Å². The first kappa shape index (κ1) is 18.4. The SMILES string of the molecule is C=C(CCCC)C(=O)O.C=CC(=O)OCC1CCCO1. The molecule has 1 aliphatic rings. The van der Waals surface area contributed by atoms with E-state index in [9.17, 15) is 9.59 Å². The second kappa shape index (κ2) is 11.2. The Morgan fingerprint density at radius 2 is 2.20 bits per heavy atom. The van der Waals surface area contributed by atoms with Crippen molar-refractivity contribution in [3.8, 4) is 0 Å². The molecule has 0 radical (unpaired) electrons. The van der Waals surface area contributed by atoms with Crippen molar-refractivity contribution in [1.29, 1.82) is 0 Å². The number of unbranched alkanes of at least 4 members (excludes halogenated alkanes) is 1. The van der Waals surface area contributed by atoms with Gasteiger partial charge in [0.05, 0.1) is 6.10 Å². The third kappa shape index (κ3) is 9.33. The standard InChI is InChI=1S/C8H12O3.C7H12O2/c1-2-8(9)11-6-7-4-3-5-10-7;1-3-4-5-6(2)7(8)9/h2,7H,1,3-6H2;2-5H2,1H3,(H,8,9). The maximum Gasteiger partial charge on any atom is 0.330 e.